The molecule has 7 heteroatoms. The quantitative estimate of drug-likeness (QED) is 0.504. The van der Waals surface area contributed by atoms with Crippen molar-refractivity contribution in [1.29, 1.82) is 0 Å². The van der Waals surface area contributed by atoms with Gasteiger partial charge in [-0.15, -0.1) is 0 Å². The predicted octanol–water partition coefficient (Wildman–Crippen LogP) is 0.765. The second-order valence-corrected chi connectivity index (χ2v) is 4.03. The molecule has 86 valence electrons. The Labute approximate surface area is 128 Å². The molecule has 0 radical (unpaired) electrons. The summed E-state index contributed by atoms with van der Waals surface area (Å²) in [6.07, 6.45) is 1.74. The maximum absolute atomic E-state index is 11.2. The van der Waals surface area contributed by atoms with Crippen LogP contribution in [0, 0.1) is 0 Å². The van der Waals surface area contributed by atoms with Crippen molar-refractivity contribution in [2.45, 2.75) is 12.8 Å². The Kier molecular flexibility index (Phi) is 6.77. The molecule has 0 fully saturated rings. The number of carboxylic acid groups (broad SMARTS) is 1. The second kappa shape index (κ2) is 7.00. The molecule has 0 amide bonds. The molecule has 0 saturated heterocycles. The molecule has 5 nitrogen and oxygen atoms in total. The molecule has 0 aromatic carbocycles. The van der Waals surface area contributed by atoms with E-state index in [4.69, 9.17) is 5.11 Å². The first-order chi connectivity index (χ1) is 7.47. The van der Waals surface area contributed by atoms with E-state index in [1.165, 1.54) is 19.2 Å². The summed E-state index contributed by atoms with van der Waals surface area (Å²) in [6.45, 7) is 1.22. The van der Waals surface area contributed by atoms with Gasteiger partial charge in [-0.1, -0.05) is 0 Å². The van der Waals surface area contributed by atoms with Gasteiger partial charge in [0.25, 0.3) is 0 Å². The Bertz CT molecular complexity index is 464. The summed E-state index contributed by atoms with van der Waals surface area (Å²) in [5, 5.41) is 8.93. The average Bonchev–Trinajstić information content (AvgIpc) is 2.20. The number of hydrogen-bond acceptors (Lipinski definition) is 4. The third-order valence-corrected chi connectivity index (χ3v) is 2.42. The number of aldehydes is 1. The number of pyridine rings is 1. The van der Waals surface area contributed by atoms with Gasteiger partial charge in [0.2, 0.25) is 0 Å². The molecular weight excluding hydrogens is 301 g/mol. The van der Waals surface area contributed by atoms with Gasteiger partial charge in [0.15, 0.2) is 0 Å². The van der Waals surface area contributed by atoms with E-state index in [0.717, 1.165) is 0 Å². The first-order valence-electron chi connectivity index (χ1n) is 4.32. The molecule has 1 atom stereocenters. The number of carbonyl (C=O) groups excluding carboxylic acids is 2. The van der Waals surface area contributed by atoms with E-state index in [1.807, 2.05) is 0 Å². The number of hydrogen-bond donors (Lipinski definition) is 1. The van der Waals surface area contributed by atoms with Crippen LogP contribution < -0.4 is 0 Å². The fraction of sp³-hybridized carbons (Fsp3) is 0.200. The standard InChI is InChI=1S/C10H8BrNO4.Na.H/c1-5(14)8(4-13)9-7(10(15)16)2-6(11)3-12-9;;/h2-4,8H,1H3,(H,15,16);;. The van der Waals surface area contributed by atoms with E-state index in [1.54, 1.807) is 0 Å². The molecule has 0 aliphatic heterocycles. The Morgan fingerprint density at radius 3 is 2.53 bits per heavy atom. The van der Waals surface area contributed by atoms with Gasteiger partial charge in [-0.2, -0.15) is 0 Å². The molecule has 0 aliphatic carbocycles. The van der Waals surface area contributed by atoms with Gasteiger partial charge in [0, 0.05) is 10.7 Å². The number of aromatic carboxylic acids is 1. The minimum absolute atomic E-state index is 0. The van der Waals surface area contributed by atoms with Crippen LogP contribution >= 0.6 is 15.9 Å². The van der Waals surface area contributed by atoms with Crippen LogP contribution in [0.2, 0.25) is 0 Å². The molecule has 1 N–H and O–H groups in total. The molecule has 1 aromatic heterocycles. The number of rotatable bonds is 4. The van der Waals surface area contributed by atoms with E-state index in [9.17, 15) is 14.4 Å². The normalized spacial score (nSPS) is 11.2. The molecular formula is C10H9BrNNaO4. The Hall–Kier alpha value is -0.560. The van der Waals surface area contributed by atoms with Gasteiger partial charge in [0.05, 0.1) is 11.3 Å². The molecule has 1 heterocycles. The van der Waals surface area contributed by atoms with Gasteiger partial charge < -0.3 is 9.90 Å². The molecule has 0 bridgehead atoms. The van der Waals surface area contributed by atoms with Crippen LogP contribution in [0.3, 0.4) is 0 Å². The number of halogens is 1. The molecule has 17 heavy (non-hydrogen) atoms. The fourth-order valence-corrected chi connectivity index (χ4v) is 1.55. The summed E-state index contributed by atoms with van der Waals surface area (Å²) in [5.74, 6) is -2.79. The fourth-order valence-electron chi connectivity index (χ4n) is 1.22. The van der Waals surface area contributed by atoms with Gasteiger partial charge >= 0.3 is 35.5 Å². The molecule has 1 unspecified atom stereocenters. The number of carbonyl (C=O) groups is 3. The van der Waals surface area contributed by atoms with Crippen LogP contribution in [-0.4, -0.2) is 57.7 Å². The number of aromatic nitrogens is 1. The van der Waals surface area contributed by atoms with Gasteiger partial charge in [-0.25, -0.2) is 4.79 Å². The maximum atomic E-state index is 11.2. The summed E-state index contributed by atoms with van der Waals surface area (Å²) in [7, 11) is 0. The zero-order valence-corrected chi connectivity index (χ0v) is 9.89. The molecule has 1 rings (SSSR count). The third kappa shape index (κ3) is 3.99. The average molecular weight is 310 g/mol. The van der Waals surface area contributed by atoms with Crippen molar-refractivity contribution in [1.82, 2.24) is 4.98 Å². The van der Waals surface area contributed by atoms with Gasteiger partial charge in [-0.05, 0) is 28.9 Å². The minimum atomic E-state index is -1.23. The predicted molar refractivity (Wildman–Crippen MR) is 65.5 cm³/mol. The summed E-state index contributed by atoms with van der Waals surface area (Å²) in [5.41, 5.74) is -0.181. The van der Waals surface area contributed by atoms with E-state index < -0.39 is 17.7 Å². The zero-order chi connectivity index (χ0) is 12.3. The first kappa shape index (κ1) is 16.4. The Balaban J connectivity index is 0.00000256. The first-order valence-corrected chi connectivity index (χ1v) is 5.11. The van der Waals surface area contributed by atoms with Crippen molar-refractivity contribution in [3.05, 3.63) is 28.0 Å². The van der Waals surface area contributed by atoms with E-state index in [0.29, 0.717) is 10.8 Å². The Morgan fingerprint density at radius 2 is 2.12 bits per heavy atom. The molecule has 0 aliphatic rings. The summed E-state index contributed by atoms with van der Waals surface area (Å²) < 4.78 is 0.474. The van der Waals surface area contributed by atoms with Crippen LogP contribution in [0.4, 0.5) is 0 Å². The van der Waals surface area contributed by atoms with Crippen LogP contribution in [-0.2, 0) is 9.59 Å². The number of ketones is 1. The summed E-state index contributed by atoms with van der Waals surface area (Å²) >= 11 is 3.07. The van der Waals surface area contributed by atoms with Gasteiger partial charge in [-0.3, -0.25) is 9.78 Å². The van der Waals surface area contributed by atoms with Crippen LogP contribution in [0.25, 0.3) is 0 Å². The second-order valence-electron chi connectivity index (χ2n) is 3.12. The van der Waals surface area contributed by atoms with Crippen molar-refractivity contribution < 1.29 is 19.5 Å². The zero-order valence-electron chi connectivity index (χ0n) is 8.31. The van der Waals surface area contributed by atoms with Crippen LogP contribution in [0.5, 0.6) is 0 Å². The third-order valence-electron chi connectivity index (χ3n) is 1.98. The van der Waals surface area contributed by atoms with Crippen LogP contribution in [0.1, 0.15) is 28.9 Å². The van der Waals surface area contributed by atoms with Crippen molar-refractivity contribution >= 4 is 63.5 Å². The van der Waals surface area contributed by atoms with E-state index in [-0.39, 0.29) is 40.8 Å². The van der Waals surface area contributed by atoms with Gasteiger partial charge in [0.1, 0.15) is 18.0 Å². The van der Waals surface area contributed by atoms with Crippen LogP contribution in [0.15, 0.2) is 16.7 Å². The number of Topliss-reactive ketones (excluding diaryl/α,β-unsaturated/α-hetero) is 1. The SMILES string of the molecule is CC(=O)C(C=O)c1ncc(Br)cc1C(=O)O.[NaH]. The van der Waals surface area contributed by atoms with Crippen molar-refractivity contribution in [2.24, 2.45) is 0 Å². The van der Waals surface area contributed by atoms with E-state index in [2.05, 4.69) is 20.9 Å². The van der Waals surface area contributed by atoms with Crippen molar-refractivity contribution in [2.75, 3.05) is 0 Å². The van der Waals surface area contributed by atoms with Crippen molar-refractivity contribution in [3.8, 4) is 0 Å². The molecule has 1 aromatic rings. The number of carboxylic acids is 1. The molecule has 0 spiro atoms. The summed E-state index contributed by atoms with van der Waals surface area (Å²) in [4.78, 5) is 36.6. The monoisotopic (exact) mass is 309 g/mol. The van der Waals surface area contributed by atoms with E-state index >= 15 is 0 Å². The Morgan fingerprint density at radius 1 is 1.53 bits per heavy atom. The number of nitrogens with zero attached hydrogens (tertiary/aromatic N) is 1. The molecule has 0 saturated carbocycles. The topological polar surface area (TPSA) is 84.3 Å². The van der Waals surface area contributed by atoms with Crippen molar-refractivity contribution in [3.63, 3.8) is 0 Å². The summed E-state index contributed by atoms with van der Waals surface area (Å²) in [6, 6.07) is 1.31.